The second-order valence-corrected chi connectivity index (χ2v) is 6.71. The Morgan fingerprint density at radius 3 is 2.85 bits per heavy atom. The van der Waals surface area contributed by atoms with Gasteiger partial charge in [-0.1, -0.05) is 15.9 Å². The first-order valence-electron chi connectivity index (χ1n) is 8.46. The standard InChI is InChI=1S/C17H22BrNO7/c1-3-23-17(20)16(11(2)25-15-6-4-5-9-24-15)26-14-8-7-12(18)10-13(14)19(21)22/h7-8,10-11,15-16H,3-6,9H2,1-2H3/t11-,15?,16-/m0/s1. The highest BCUT2D eigenvalue weighted by Crippen LogP contribution is 2.32. The lowest BCUT2D eigenvalue weighted by atomic mass is 10.2. The van der Waals surface area contributed by atoms with E-state index in [0.717, 1.165) is 19.3 Å². The molecule has 0 N–H and O–H groups in total. The van der Waals surface area contributed by atoms with E-state index >= 15 is 0 Å². The predicted molar refractivity (Wildman–Crippen MR) is 96.0 cm³/mol. The Balaban J connectivity index is 2.19. The highest BCUT2D eigenvalue weighted by atomic mass is 79.9. The zero-order chi connectivity index (χ0) is 19.1. The third kappa shape index (κ3) is 5.65. The first-order chi connectivity index (χ1) is 12.4. The molecule has 3 atom stereocenters. The molecule has 1 aromatic carbocycles. The fourth-order valence-electron chi connectivity index (χ4n) is 2.56. The molecule has 1 aliphatic rings. The minimum absolute atomic E-state index is 0.0312. The fourth-order valence-corrected chi connectivity index (χ4v) is 2.91. The number of hydrogen-bond donors (Lipinski definition) is 0. The molecule has 0 amide bonds. The second kappa shape index (κ2) is 9.84. The van der Waals surface area contributed by atoms with Crippen LogP contribution in [0.5, 0.6) is 5.75 Å². The van der Waals surface area contributed by atoms with Crippen molar-refractivity contribution in [1.82, 2.24) is 0 Å². The van der Waals surface area contributed by atoms with E-state index in [0.29, 0.717) is 11.1 Å². The van der Waals surface area contributed by atoms with E-state index in [1.54, 1.807) is 19.9 Å². The summed E-state index contributed by atoms with van der Waals surface area (Å²) in [5.74, 6) is -0.677. The van der Waals surface area contributed by atoms with Crippen molar-refractivity contribution in [2.75, 3.05) is 13.2 Å². The van der Waals surface area contributed by atoms with Crippen LogP contribution in [-0.4, -0.2) is 42.6 Å². The maximum Gasteiger partial charge on any atom is 0.350 e. The second-order valence-electron chi connectivity index (χ2n) is 5.80. The van der Waals surface area contributed by atoms with Crippen molar-refractivity contribution in [2.45, 2.75) is 51.6 Å². The number of halogens is 1. The van der Waals surface area contributed by atoms with E-state index in [1.807, 2.05) is 0 Å². The lowest BCUT2D eigenvalue weighted by Crippen LogP contribution is -2.43. The molecule has 9 heteroatoms. The first kappa shape index (κ1) is 20.6. The highest BCUT2D eigenvalue weighted by Gasteiger charge is 2.34. The van der Waals surface area contributed by atoms with E-state index in [9.17, 15) is 14.9 Å². The van der Waals surface area contributed by atoms with Crippen LogP contribution < -0.4 is 4.74 Å². The van der Waals surface area contributed by atoms with Crippen molar-refractivity contribution >= 4 is 27.6 Å². The van der Waals surface area contributed by atoms with Crippen molar-refractivity contribution < 1.29 is 28.7 Å². The average Bonchev–Trinajstić information content (AvgIpc) is 2.61. The van der Waals surface area contributed by atoms with Crippen molar-refractivity contribution in [2.24, 2.45) is 0 Å². The zero-order valence-corrected chi connectivity index (χ0v) is 16.3. The first-order valence-corrected chi connectivity index (χ1v) is 9.26. The average molecular weight is 432 g/mol. The van der Waals surface area contributed by atoms with Crippen LogP contribution in [0.4, 0.5) is 5.69 Å². The van der Waals surface area contributed by atoms with Crippen molar-refractivity contribution in [3.05, 3.63) is 32.8 Å². The van der Waals surface area contributed by atoms with Crippen LogP contribution in [0.25, 0.3) is 0 Å². The van der Waals surface area contributed by atoms with Crippen molar-refractivity contribution in [3.63, 3.8) is 0 Å². The van der Waals surface area contributed by atoms with Gasteiger partial charge in [-0.2, -0.15) is 0 Å². The van der Waals surface area contributed by atoms with Gasteiger partial charge in [-0.3, -0.25) is 10.1 Å². The van der Waals surface area contributed by atoms with Gasteiger partial charge in [0.15, 0.2) is 12.0 Å². The van der Waals surface area contributed by atoms with Gasteiger partial charge in [-0.15, -0.1) is 0 Å². The third-order valence-electron chi connectivity index (χ3n) is 3.82. The topological polar surface area (TPSA) is 97.1 Å². The number of carbonyl (C=O) groups is 1. The van der Waals surface area contributed by atoms with E-state index < -0.39 is 29.4 Å². The Kier molecular flexibility index (Phi) is 7.80. The molecule has 0 aliphatic carbocycles. The Morgan fingerprint density at radius 2 is 2.23 bits per heavy atom. The summed E-state index contributed by atoms with van der Waals surface area (Å²) >= 11 is 3.19. The van der Waals surface area contributed by atoms with Crippen LogP contribution in [0.15, 0.2) is 22.7 Å². The largest absolute Gasteiger partial charge is 0.469 e. The van der Waals surface area contributed by atoms with Gasteiger partial charge in [0.2, 0.25) is 6.10 Å². The molecule has 0 radical (unpaired) electrons. The summed E-state index contributed by atoms with van der Waals surface area (Å²) < 4.78 is 22.6. The normalized spacial score (nSPS) is 19.4. The van der Waals surface area contributed by atoms with Gasteiger partial charge in [0, 0.05) is 17.1 Å². The number of carbonyl (C=O) groups excluding carboxylic acids is 1. The van der Waals surface area contributed by atoms with Gasteiger partial charge in [0.25, 0.3) is 0 Å². The lowest BCUT2D eigenvalue weighted by Gasteiger charge is -2.29. The Bertz CT molecular complexity index is 634. The number of nitro benzene ring substituents is 1. The lowest BCUT2D eigenvalue weighted by molar-refractivity contribution is -0.386. The molecule has 2 rings (SSSR count). The van der Waals surface area contributed by atoms with Gasteiger partial charge in [0.1, 0.15) is 6.10 Å². The molecular weight excluding hydrogens is 410 g/mol. The Morgan fingerprint density at radius 1 is 1.46 bits per heavy atom. The van der Waals surface area contributed by atoms with Gasteiger partial charge >= 0.3 is 11.7 Å². The number of rotatable bonds is 8. The van der Waals surface area contributed by atoms with E-state index in [1.165, 1.54) is 12.1 Å². The smallest absolute Gasteiger partial charge is 0.350 e. The van der Waals surface area contributed by atoms with Crippen LogP contribution in [0, 0.1) is 10.1 Å². The molecule has 1 saturated heterocycles. The predicted octanol–water partition coefficient (Wildman–Crippen LogP) is 3.60. The van der Waals surface area contributed by atoms with E-state index in [-0.39, 0.29) is 18.0 Å². The van der Waals surface area contributed by atoms with Crippen LogP contribution >= 0.6 is 15.9 Å². The van der Waals surface area contributed by atoms with Crippen LogP contribution in [0.1, 0.15) is 33.1 Å². The number of esters is 1. The van der Waals surface area contributed by atoms with Crippen molar-refractivity contribution in [1.29, 1.82) is 0 Å². The molecule has 26 heavy (non-hydrogen) atoms. The van der Waals surface area contributed by atoms with Crippen LogP contribution in [0.2, 0.25) is 0 Å². The summed E-state index contributed by atoms with van der Waals surface area (Å²) in [5, 5.41) is 11.3. The molecule has 0 aromatic heterocycles. The molecule has 1 fully saturated rings. The monoisotopic (exact) mass is 431 g/mol. The molecule has 1 aromatic rings. The summed E-state index contributed by atoms with van der Waals surface area (Å²) in [6, 6.07) is 4.34. The maximum absolute atomic E-state index is 12.3. The summed E-state index contributed by atoms with van der Waals surface area (Å²) in [6.07, 6.45) is 0.371. The molecule has 1 aliphatic heterocycles. The molecule has 144 valence electrons. The SMILES string of the molecule is CCOC(=O)[C@@H](Oc1ccc(Br)cc1[N+](=O)[O-])[C@H](C)OC1CCCCO1. The quantitative estimate of drug-likeness (QED) is 0.352. The Labute approximate surface area is 160 Å². The summed E-state index contributed by atoms with van der Waals surface area (Å²) in [5.41, 5.74) is -0.255. The van der Waals surface area contributed by atoms with Gasteiger partial charge in [0.05, 0.1) is 11.5 Å². The summed E-state index contributed by atoms with van der Waals surface area (Å²) in [4.78, 5) is 23.0. The molecule has 0 bridgehead atoms. The maximum atomic E-state index is 12.3. The van der Waals surface area contributed by atoms with Crippen LogP contribution in [0.3, 0.4) is 0 Å². The summed E-state index contributed by atoms with van der Waals surface area (Å²) in [6.45, 7) is 4.09. The molecular formula is C17H22BrNO7. The molecule has 1 unspecified atom stereocenters. The summed E-state index contributed by atoms with van der Waals surface area (Å²) in [7, 11) is 0. The zero-order valence-electron chi connectivity index (χ0n) is 14.7. The number of hydrogen-bond acceptors (Lipinski definition) is 7. The third-order valence-corrected chi connectivity index (χ3v) is 4.31. The van der Waals surface area contributed by atoms with E-state index in [4.69, 9.17) is 18.9 Å². The van der Waals surface area contributed by atoms with Crippen molar-refractivity contribution in [3.8, 4) is 5.75 Å². The molecule has 0 saturated carbocycles. The minimum atomic E-state index is -1.15. The van der Waals surface area contributed by atoms with Gasteiger partial charge in [-0.05, 0) is 45.2 Å². The number of nitro groups is 1. The van der Waals surface area contributed by atoms with Crippen LogP contribution in [-0.2, 0) is 19.0 Å². The van der Waals surface area contributed by atoms with E-state index in [2.05, 4.69) is 15.9 Å². The number of benzene rings is 1. The van der Waals surface area contributed by atoms with Gasteiger partial charge in [-0.25, -0.2) is 4.79 Å². The minimum Gasteiger partial charge on any atom is -0.469 e. The van der Waals surface area contributed by atoms with Gasteiger partial charge < -0.3 is 18.9 Å². The highest BCUT2D eigenvalue weighted by molar-refractivity contribution is 9.10. The number of ether oxygens (including phenoxy) is 4. The molecule has 8 nitrogen and oxygen atoms in total. The Hall–Kier alpha value is -1.71. The fraction of sp³-hybridized carbons (Fsp3) is 0.588. The molecule has 1 heterocycles. The molecule has 0 spiro atoms. The number of nitrogens with zero attached hydrogens (tertiary/aromatic N) is 1.